The number of piperidine rings is 1. The number of hydrogen-bond acceptors (Lipinski definition) is 5. The number of carbonyl (C=O) groups is 1. The van der Waals surface area contributed by atoms with Gasteiger partial charge in [-0.1, -0.05) is 32.4 Å². The number of para-hydroxylation sites is 2. The molecule has 1 saturated heterocycles. The van der Waals surface area contributed by atoms with Crippen molar-refractivity contribution in [1.29, 1.82) is 0 Å². The molecule has 1 aliphatic rings. The Bertz CT molecular complexity index is 923. The van der Waals surface area contributed by atoms with Gasteiger partial charge in [-0.25, -0.2) is 15.0 Å². The van der Waals surface area contributed by atoms with Gasteiger partial charge in [0.15, 0.2) is 0 Å². The van der Waals surface area contributed by atoms with E-state index in [1.54, 1.807) is 12.4 Å². The Morgan fingerprint density at radius 1 is 1.28 bits per heavy atom. The Kier molecular flexibility index (Phi) is 5.74. The molecule has 152 valence electrons. The number of amides is 1. The van der Waals surface area contributed by atoms with Gasteiger partial charge in [0.05, 0.1) is 23.0 Å². The summed E-state index contributed by atoms with van der Waals surface area (Å²) in [5, 5.41) is 3.29. The third-order valence-electron chi connectivity index (χ3n) is 5.84. The van der Waals surface area contributed by atoms with Gasteiger partial charge in [-0.2, -0.15) is 0 Å². The van der Waals surface area contributed by atoms with Crippen molar-refractivity contribution in [3.63, 3.8) is 0 Å². The Morgan fingerprint density at radius 3 is 2.83 bits per heavy atom. The van der Waals surface area contributed by atoms with Gasteiger partial charge in [0.25, 0.3) is 0 Å². The van der Waals surface area contributed by atoms with E-state index in [1.807, 2.05) is 30.3 Å². The standard InChI is InChI=1S/C22H28N6O/c1-3-15(2)19(20-25-17-9-4-5-10-18(17)26-20)27-21(29)16-8-6-13-28(14-16)22-23-11-7-12-24-22/h4-5,7,9-12,15-16,19H,3,6,8,13-14H2,1-2H3,(H,25,26)(H,27,29). The van der Waals surface area contributed by atoms with Crippen molar-refractivity contribution in [2.24, 2.45) is 11.8 Å². The lowest BCUT2D eigenvalue weighted by Crippen LogP contribution is -2.45. The molecule has 29 heavy (non-hydrogen) atoms. The quantitative estimate of drug-likeness (QED) is 0.671. The van der Waals surface area contributed by atoms with E-state index in [-0.39, 0.29) is 23.8 Å². The summed E-state index contributed by atoms with van der Waals surface area (Å²) in [5.41, 5.74) is 1.92. The highest BCUT2D eigenvalue weighted by Crippen LogP contribution is 2.27. The summed E-state index contributed by atoms with van der Waals surface area (Å²) < 4.78 is 0. The molecular weight excluding hydrogens is 364 g/mol. The van der Waals surface area contributed by atoms with Gasteiger partial charge < -0.3 is 15.2 Å². The minimum Gasteiger partial charge on any atom is -0.346 e. The first kappa shape index (κ1) is 19.4. The molecule has 0 radical (unpaired) electrons. The van der Waals surface area contributed by atoms with Gasteiger partial charge in [0.2, 0.25) is 11.9 Å². The Hall–Kier alpha value is -2.96. The molecule has 1 aromatic carbocycles. The molecule has 0 saturated carbocycles. The predicted molar refractivity (Wildman–Crippen MR) is 113 cm³/mol. The van der Waals surface area contributed by atoms with Crippen LogP contribution in [-0.4, -0.2) is 38.9 Å². The fourth-order valence-electron chi connectivity index (χ4n) is 3.93. The summed E-state index contributed by atoms with van der Waals surface area (Å²) in [5.74, 6) is 1.80. The number of aromatic nitrogens is 4. The van der Waals surface area contributed by atoms with Crippen LogP contribution < -0.4 is 10.2 Å². The molecule has 1 amide bonds. The van der Waals surface area contributed by atoms with Crippen LogP contribution in [0.25, 0.3) is 11.0 Å². The van der Waals surface area contributed by atoms with E-state index in [0.717, 1.165) is 42.7 Å². The molecule has 0 aliphatic carbocycles. The molecule has 2 N–H and O–H groups in total. The Morgan fingerprint density at radius 2 is 2.07 bits per heavy atom. The van der Waals surface area contributed by atoms with Gasteiger partial charge in [0.1, 0.15) is 5.82 Å². The second-order valence-corrected chi connectivity index (χ2v) is 7.84. The first-order valence-corrected chi connectivity index (χ1v) is 10.4. The first-order valence-electron chi connectivity index (χ1n) is 10.4. The maximum Gasteiger partial charge on any atom is 0.225 e. The van der Waals surface area contributed by atoms with Crippen molar-refractivity contribution < 1.29 is 4.79 Å². The van der Waals surface area contributed by atoms with Crippen molar-refractivity contribution in [3.8, 4) is 0 Å². The second kappa shape index (κ2) is 8.59. The van der Waals surface area contributed by atoms with E-state index >= 15 is 0 Å². The number of imidazole rings is 1. The molecule has 7 heteroatoms. The van der Waals surface area contributed by atoms with E-state index in [2.05, 4.69) is 39.0 Å². The molecule has 3 aromatic rings. The van der Waals surface area contributed by atoms with Crippen LogP contribution in [0.1, 0.15) is 45.0 Å². The molecule has 1 aliphatic heterocycles. The van der Waals surface area contributed by atoms with E-state index < -0.39 is 0 Å². The smallest absolute Gasteiger partial charge is 0.225 e. The van der Waals surface area contributed by atoms with Crippen LogP contribution >= 0.6 is 0 Å². The van der Waals surface area contributed by atoms with Crippen molar-refractivity contribution in [3.05, 3.63) is 48.5 Å². The molecule has 7 nitrogen and oxygen atoms in total. The number of rotatable bonds is 6. The predicted octanol–water partition coefficient (Wildman–Crippen LogP) is 3.47. The summed E-state index contributed by atoms with van der Waals surface area (Å²) in [6.07, 6.45) is 6.27. The van der Waals surface area contributed by atoms with E-state index in [0.29, 0.717) is 12.5 Å². The summed E-state index contributed by atoms with van der Waals surface area (Å²) in [6.45, 7) is 5.82. The van der Waals surface area contributed by atoms with Gasteiger partial charge in [-0.3, -0.25) is 4.79 Å². The second-order valence-electron chi connectivity index (χ2n) is 7.84. The molecule has 3 unspecified atom stereocenters. The van der Waals surface area contributed by atoms with Gasteiger partial charge in [-0.05, 0) is 37.0 Å². The molecule has 3 atom stereocenters. The number of nitrogens with one attached hydrogen (secondary N) is 2. The summed E-state index contributed by atoms with van der Waals surface area (Å²) in [6, 6.07) is 9.64. The van der Waals surface area contributed by atoms with Crippen molar-refractivity contribution >= 4 is 22.9 Å². The lowest BCUT2D eigenvalue weighted by Gasteiger charge is -2.33. The molecule has 4 rings (SSSR count). The normalized spacial score (nSPS) is 19.1. The number of aromatic amines is 1. The number of carbonyl (C=O) groups excluding carboxylic acids is 1. The minimum absolute atomic E-state index is 0.0800. The zero-order valence-electron chi connectivity index (χ0n) is 17.0. The van der Waals surface area contributed by atoms with E-state index in [4.69, 9.17) is 4.98 Å². The topological polar surface area (TPSA) is 86.8 Å². The summed E-state index contributed by atoms with van der Waals surface area (Å²) in [7, 11) is 0. The average molecular weight is 393 g/mol. The number of nitrogens with zero attached hydrogens (tertiary/aromatic N) is 4. The van der Waals surface area contributed by atoms with Crippen LogP contribution in [0, 0.1) is 11.8 Å². The zero-order chi connectivity index (χ0) is 20.2. The summed E-state index contributed by atoms with van der Waals surface area (Å²) in [4.78, 5) is 32.1. The molecule has 3 heterocycles. The molecular formula is C22H28N6O. The molecule has 2 aromatic heterocycles. The Labute approximate surface area is 171 Å². The highest BCUT2D eigenvalue weighted by molar-refractivity contribution is 5.80. The van der Waals surface area contributed by atoms with Crippen molar-refractivity contribution in [2.75, 3.05) is 18.0 Å². The molecule has 1 fully saturated rings. The largest absolute Gasteiger partial charge is 0.346 e. The van der Waals surface area contributed by atoms with Crippen molar-refractivity contribution in [1.82, 2.24) is 25.3 Å². The van der Waals surface area contributed by atoms with Crippen LogP contribution in [0.4, 0.5) is 5.95 Å². The van der Waals surface area contributed by atoms with Crippen LogP contribution in [0.5, 0.6) is 0 Å². The summed E-state index contributed by atoms with van der Waals surface area (Å²) >= 11 is 0. The van der Waals surface area contributed by atoms with Crippen LogP contribution in [0.2, 0.25) is 0 Å². The number of fused-ring (bicyclic) bond motifs is 1. The lowest BCUT2D eigenvalue weighted by molar-refractivity contribution is -0.126. The van der Waals surface area contributed by atoms with E-state index in [1.165, 1.54) is 0 Å². The van der Waals surface area contributed by atoms with E-state index in [9.17, 15) is 4.79 Å². The lowest BCUT2D eigenvalue weighted by atomic mass is 9.94. The van der Waals surface area contributed by atoms with Crippen LogP contribution in [0.3, 0.4) is 0 Å². The highest BCUT2D eigenvalue weighted by atomic mass is 16.2. The van der Waals surface area contributed by atoms with Crippen LogP contribution in [0.15, 0.2) is 42.7 Å². The van der Waals surface area contributed by atoms with Gasteiger partial charge >= 0.3 is 0 Å². The SMILES string of the molecule is CCC(C)C(NC(=O)C1CCCN(c2ncccn2)C1)c1nc2ccccc2[nH]1. The maximum absolute atomic E-state index is 13.2. The average Bonchev–Trinajstić information content (AvgIpc) is 3.21. The zero-order valence-corrected chi connectivity index (χ0v) is 17.0. The van der Waals surface area contributed by atoms with Gasteiger partial charge in [0, 0.05) is 25.5 Å². The first-order chi connectivity index (χ1) is 14.2. The molecule has 0 spiro atoms. The highest BCUT2D eigenvalue weighted by Gasteiger charge is 2.31. The Balaban J connectivity index is 1.50. The van der Waals surface area contributed by atoms with Crippen molar-refractivity contribution in [2.45, 2.75) is 39.2 Å². The van der Waals surface area contributed by atoms with Gasteiger partial charge in [-0.15, -0.1) is 0 Å². The fourth-order valence-corrected chi connectivity index (χ4v) is 3.93. The monoisotopic (exact) mass is 392 g/mol. The number of hydrogen-bond donors (Lipinski definition) is 2. The molecule has 0 bridgehead atoms. The number of anilines is 1. The third kappa shape index (κ3) is 4.23. The number of H-pyrrole nitrogens is 1. The maximum atomic E-state index is 13.2. The minimum atomic E-state index is -0.136. The van der Waals surface area contributed by atoms with Crippen LogP contribution in [-0.2, 0) is 4.79 Å². The fraction of sp³-hybridized carbons (Fsp3) is 0.455. The number of benzene rings is 1. The third-order valence-corrected chi connectivity index (χ3v) is 5.84.